The predicted molar refractivity (Wildman–Crippen MR) is 442 cm³/mol. The van der Waals surface area contributed by atoms with Gasteiger partial charge in [0.15, 0.2) is 29.5 Å². The number of hydrogen-bond donors (Lipinski definition) is 3. The smallest absolute Gasteiger partial charge is 0.475 e. The molecule has 26 heteroatoms. The highest BCUT2D eigenvalue weighted by atomic mass is 32.2. The number of nitrogens with zero attached hydrogens (tertiary/aromatic N) is 6. The van der Waals surface area contributed by atoms with Gasteiger partial charge in [0.05, 0.1) is 85.1 Å². The number of aromatic nitrogens is 6. The standard InChI is InChI=1S/C87H96N9O13PS3/c1-55-46-73-79-70(58-10-4-13-67(49-58)111(98,99)64-16-17-64)22-25-76(82(79)91-85(73)88-52-55)104-43-7-34-94-37-28-61(29-38-94)107-110(97,108-62-30-39-95(40-31-62)35-8-44-105-77-26-23-71(80-74-47-56(2)53-89-86(74)92-83(77)80)59-11-5-14-68(50-59)112(100,101)65-18-19-65)109-63-32-41-96(42-33-63)36-9-45-106-78-27-24-72(81-75-48-57(3)54-90-87(75)93-84(78)81)60-12-6-15-69(51-60)113(102,103)66-20-21-66/h4-6,10-15,22-27,46-54,61-66H,7-9,16-21,28-45H2,1-3H3,(H,88,91)(H,89,92)(H,90,93). The van der Waals surface area contributed by atoms with Crippen molar-refractivity contribution < 1.29 is 57.6 Å². The summed E-state index contributed by atoms with van der Waals surface area (Å²) in [6, 6.07) is 40.2. The predicted octanol–water partition coefficient (Wildman–Crippen LogP) is 16.8. The molecule has 6 aromatic heterocycles. The van der Waals surface area contributed by atoms with Gasteiger partial charge in [-0.3, -0.25) is 13.6 Å². The maximum atomic E-state index is 15.5. The van der Waals surface area contributed by atoms with Crippen LogP contribution in [0.1, 0.15) is 113 Å². The van der Waals surface area contributed by atoms with E-state index in [1.165, 1.54) is 0 Å². The molecule has 9 heterocycles. The minimum Gasteiger partial charge on any atom is -0.491 e. The molecule has 3 saturated carbocycles. The molecule has 18 rings (SSSR count). The molecule has 22 nitrogen and oxygen atoms in total. The summed E-state index contributed by atoms with van der Waals surface area (Å²) >= 11 is 0. The highest BCUT2D eigenvalue weighted by Gasteiger charge is 2.42. The highest BCUT2D eigenvalue weighted by Crippen LogP contribution is 2.56. The molecule has 3 saturated heterocycles. The molecule has 0 spiro atoms. The van der Waals surface area contributed by atoms with Crippen molar-refractivity contribution in [3.8, 4) is 50.6 Å². The Balaban J connectivity index is 0.506. The first kappa shape index (κ1) is 75.7. The van der Waals surface area contributed by atoms with Crippen LogP contribution in [0.2, 0.25) is 0 Å². The number of likely N-dealkylation sites (tertiary alicyclic amines) is 3. The summed E-state index contributed by atoms with van der Waals surface area (Å²) in [5.74, 6) is 2.10. The molecule has 6 aliphatic rings. The number of phosphoric acid groups is 1. The van der Waals surface area contributed by atoms with Crippen LogP contribution in [0.15, 0.2) is 161 Å². The van der Waals surface area contributed by atoms with E-state index < -0.39 is 37.3 Å². The normalized spacial score (nSPS) is 17.9. The first-order chi connectivity index (χ1) is 54.7. The van der Waals surface area contributed by atoms with Crippen LogP contribution in [0.4, 0.5) is 0 Å². The van der Waals surface area contributed by atoms with Gasteiger partial charge >= 0.3 is 7.82 Å². The quantitative estimate of drug-likeness (QED) is 0.0279. The molecule has 3 aliphatic carbocycles. The second-order valence-corrected chi connectivity index (χ2v) is 40.2. The Bertz CT molecular complexity index is 5460. The molecule has 0 amide bonds. The monoisotopic (exact) mass is 1600 g/mol. The van der Waals surface area contributed by atoms with Crippen LogP contribution in [0, 0.1) is 20.8 Å². The van der Waals surface area contributed by atoms with Crippen LogP contribution in [0.3, 0.4) is 0 Å². The van der Waals surface area contributed by atoms with Gasteiger partial charge in [0, 0.05) is 110 Å². The third-order valence-electron chi connectivity index (χ3n) is 23.5. The van der Waals surface area contributed by atoms with Crippen LogP contribution >= 0.6 is 7.82 Å². The minimum absolute atomic E-state index is 0.308. The van der Waals surface area contributed by atoms with Crippen molar-refractivity contribution in [3.63, 3.8) is 0 Å². The van der Waals surface area contributed by atoms with Gasteiger partial charge in [-0.25, -0.2) is 44.8 Å². The number of aryl methyl sites for hydroxylation is 3. The molecule has 590 valence electrons. The van der Waals surface area contributed by atoms with E-state index in [2.05, 4.69) is 47.9 Å². The molecule has 6 fully saturated rings. The van der Waals surface area contributed by atoms with Crippen molar-refractivity contribution >= 4 is 103 Å². The first-order valence-electron chi connectivity index (χ1n) is 40.2. The maximum Gasteiger partial charge on any atom is 0.475 e. The number of nitrogens with one attached hydrogen (secondary N) is 3. The molecule has 3 aliphatic heterocycles. The lowest BCUT2D eigenvalue weighted by Gasteiger charge is -2.38. The molecule has 113 heavy (non-hydrogen) atoms. The van der Waals surface area contributed by atoms with E-state index in [0.717, 1.165) is 194 Å². The summed E-state index contributed by atoms with van der Waals surface area (Å²) in [5, 5.41) is 4.73. The molecule has 12 aromatic rings. The van der Waals surface area contributed by atoms with Gasteiger partial charge in [-0.2, -0.15) is 0 Å². The molecule has 0 atom stereocenters. The summed E-state index contributed by atoms with van der Waals surface area (Å²) in [6.07, 6.45) is 14.9. The molecule has 6 aromatic carbocycles. The van der Waals surface area contributed by atoms with Gasteiger partial charge in [0.2, 0.25) is 0 Å². The Kier molecular flexibility index (Phi) is 20.9. The van der Waals surface area contributed by atoms with E-state index >= 15 is 4.57 Å². The third-order valence-corrected chi connectivity index (χ3v) is 31.9. The first-order valence-corrected chi connectivity index (χ1v) is 46.3. The van der Waals surface area contributed by atoms with E-state index in [-0.39, 0.29) is 34.1 Å². The van der Waals surface area contributed by atoms with E-state index in [1.54, 1.807) is 36.4 Å². The number of fused-ring (bicyclic) bond motifs is 9. The van der Waals surface area contributed by atoms with Gasteiger partial charge in [0.1, 0.15) is 34.2 Å². The number of aromatic amines is 3. The maximum absolute atomic E-state index is 15.5. The van der Waals surface area contributed by atoms with Gasteiger partial charge < -0.3 is 43.9 Å². The van der Waals surface area contributed by atoms with Crippen LogP contribution in [-0.4, -0.2) is 183 Å². The minimum atomic E-state index is -4.09. The number of sulfone groups is 3. The van der Waals surface area contributed by atoms with Crippen molar-refractivity contribution in [2.75, 3.05) is 78.7 Å². The third kappa shape index (κ3) is 15.9. The number of benzene rings is 6. The molecule has 0 radical (unpaired) electrons. The van der Waals surface area contributed by atoms with Gasteiger partial charge in [-0.15, -0.1) is 0 Å². The summed E-state index contributed by atoms with van der Waals surface area (Å²) in [6.45, 7) is 14.3. The number of hydrogen-bond acceptors (Lipinski definition) is 19. The number of pyridine rings is 3. The van der Waals surface area contributed by atoms with Crippen molar-refractivity contribution in [3.05, 3.63) is 163 Å². The Morgan fingerprint density at radius 2 is 0.664 bits per heavy atom. The van der Waals surface area contributed by atoms with Crippen LogP contribution < -0.4 is 14.2 Å². The van der Waals surface area contributed by atoms with Gasteiger partial charge in [0.25, 0.3) is 0 Å². The fourth-order valence-electron chi connectivity index (χ4n) is 17.0. The van der Waals surface area contributed by atoms with E-state index in [9.17, 15) is 25.3 Å². The number of rotatable bonds is 30. The summed E-state index contributed by atoms with van der Waals surface area (Å²) < 4.78 is 136. The molecule has 3 N–H and O–H groups in total. The number of phosphoric ester groups is 1. The zero-order valence-corrected chi connectivity index (χ0v) is 67.4. The SMILES string of the molecule is Cc1cnc2[nH]c3c(OCCCN4CCC(OP(=O)(OC5CCN(CCCOc6ccc(-c7cccc(S(=O)(=O)C8CC8)c7)c7c6[nH]c6ncc(C)cc67)CC5)OC5CCN(CCCOc6ccc(-c7cccc(S(=O)(=O)C8CC8)c7)c7c6[nH]c6ncc(C)cc67)CC5)CC4)ccc(-c4cccc(S(=O)(=O)C5CC5)c4)c3c2c1. The Hall–Kier alpha value is -8.59. The molecule has 0 unspecified atom stereocenters. The van der Waals surface area contributed by atoms with Gasteiger partial charge in [-0.1, -0.05) is 36.4 Å². The Morgan fingerprint density at radius 1 is 0.381 bits per heavy atom. The second-order valence-electron chi connectivity index (χ2n) is 32.0. The largest absolute Gasteiger partial charge is 0.491 e. The molecular formula is C87H96N9O13PS3. The van der Waals surface area contributed by atoms with Crippen molar-refractivity contribution in [2.24, 2.45) is 0 Å². The van der Waals surface area contributed by atoms with E-state index in [1.807, 2.05) is 112 Å². The summed E-state index contributed by atoms with van der Waals surface area (Å²) in [7, 11) is -14.3. The fraction of sp³-hybridized carbons (Fsp3) is 0.414. The average molecular weight is 1600 g/mol. The topological polar surface area (TPSA) is 271 Å². The lowest BCUT2D eigenvalue weighted by Crippen LogP contribution is -2.40. The zero-order valence-electron chi connectivity index (χ0n) is 64.1. The molecule has 0 bridgehead atoms. The van der Waals surface area contributed by atoms with Crippen molar-refractivity contribution in [1.82, 2.24) is 44.6 Å². The molecular weight excluding hydrogens is 1510 g/mol. The van der Waals surface area contributed by atoms with Crippen molar-refractivity contribution in [1.29, 1.82) is 0 Å². The van der Waals surface area contributed by atoms with Crippen molar-refractivity contribution in [2.45, 2.75) is 166 Å². The van der Waals surface area contributed by atoms with Crippen LogP contribution in [0.25, 0.3) is 99.2 Å². The number of ether oxygens (including phenoxy) is 3. The number of piperidine rings is 3. The van der Waals surface area contributed by atoms with Crippen LogP contribution in [-0.2, 0) is 47.6 Å². The fourth-order valence-corrected chi connectivity index (χ4v) is 23.9. The van der Waals surface area contributed by atoms with Crippen LogP contribution in [0.5, 0.6) is 17.2 Å². The Labute approximate surface area is 659 Å². The Morgan fingerprint density at radius 3 is 0.938 bits per heavy atom. The highest BCUT2D eigenvalue weighted by molar-refractivity contribution is 7.93. The lowest BCUT2D eigenvalue weighted by atomic mass is 9.99. The summed E-state index contributed by atoms with van der Waals surface area (Å²) in [4.78, 5) is 33.1. The van der Waals surface area contributed by atoms with E-state index in [0.29, 0.717) is 129 Å². The van der Waals surface area contributed by atoms with E-state index in [4.69, 9.17) is 42.7 Å². The average Bonchev–Trinajstić information content (AvgIpc) is 1.75. The lowest BCUT2D eigenvalue weighted by molar-refractivity contribution is -0.0127. The number of H-pyrrole nitrogens is 3. The zero-order chi connectivity index (χ0) is 77.3. The van der Waals surface area contributed by atoms with Gasteiger partial charge in [-0.05, 0) is 258 Å². The summed E-state index contributed by atoms with van der Waals surface area (Å²) in [5.41, 5.74) is 12.9. The second kappa shape index (κ2) is 31.2.